The molecule has 0 spiro atoms. The lowest BCUT2D eigenvalue weighted by molar-refractivity contribution is 0.332. The number of benzene rings is 1. The van der Waals surface area contributed by atoms with Crippen LogP contribution in [0, 0.1) is 0 Å². The van der Waals surface area contributed by atoms with Crippen LogP contribution < -0.4 is 0 Å². The zero-order valence-electron chi connectivity index (χ0n) is 26.4. The van der Waals surface area contributed by atoms with Crippen LogP contribution in [-0.4, -0.2) is 4.98 Å². The first-order valence-electron chi connectivity index (χ1n) is 15.7. The molecule has 1 nitrogen and oxygen atoms in total. The number of thiazole rings is 1. The number of rotatable bonds is 11. The molecule has 0 atom stereocenters. The topological polar surface area (TPSA) is 12.9 Å². The fourth-order valence-corrected chi connectivity index (χ4v) is 6.12. The lowest BCUT2D eigenvalue weighted by Crippen LogP contribution is -2.33. The van der Waals surface area contributed by atoms with Gasteiger partial charge in [-0.25, -0.2) is 4.98 Å². The smallest absolute Gasteiger partial charge is 0.0963 e. The Morgan fingerprint density at radius 3 is 1.73 bits per heavy atom. The van der Waals surface area contributed by atoms with Gasteiger partial charge < -0.3 is 0 Å². The van der Waals surface area contributed by atoms with Crippen molar-refractivity contribution in [2.24, 2.45) is 0 Å². The first kappa shape index (κ1) is 33.9. The van der Waals surface area contributed by atoms with Crippen molar-refractivity contribution in [2.75, 3.05) is 0 Å². The van der Waals surface area contributed by atoms with Crippen molar-refractivity contribution in [1.29, 1.82) is 0 Å². The van der Waals surface area contributed by atoms with Crippen LogP contribution in [0.5, 0.6) is 0 Å². The maximum atomic E-state index is 5.07. The molecule has 3 rings (SSSR count). The van der Waals surface area contributed by atoms with Gasteiger partial charge in [0.15, 0.2) is 0 Å². The molecule has 1 aliphatic carbocycles. The quantitative estimate of drug-likeness (QED) is 0.265. The third-order valence-electron chi connectivity index (χ3n) is 8.00. The summed E-state index contributed by atoms with van der Waals surface area (Å²) in [6.45, 7) is 23.0. The van der Waals surface area contributed by atoms with Crippen molar-refractivity contribution in [3.05, 3.63) is 39.7 Å². The summed E-state index contributed by atoms with van der Waals surface area (Å²) in [5, 5.41) is 3.61. The zero-order valence-corrected chi connectivity index (χ0v) is 27.3. The van der Waals surface area contributed by atoms with Gasteiger partial charge in [0, 0.05) is 16.9 Å². The van der Waals surface area contributed by atoms with Crippen LogP contribution in [0.2, 0.25) is 0 Å². The highest BCUT2D eigenvalue weighted by molar-refractivity contribution is 7.10. The lowest BCUT2D eigenvalue weighted by Gasteiger charge is -2.42. The van der Waals surface area contributed by atoms with E-state index in [0.29, 0.717) is 5.92 Å². The van der Waals surface area contributed by atoms with Crippen LogP contribution >= 0.6 is 11.3 Å². The minimum atomic E-state index is 0.257. The number of unbranched alkanes of at least 4 members (excludes halogenated alkanes) is 5. The zero-order chi connectivity index (χ0) is 27.9. The Hall–Kier alpha value is -1.15. The van der Waals surface area contributed by atoms with Crippen molar-refractivity contribution in [3.63, 3.8) is 0 Å². The number of fused-ring (bicyclic) bond motifs is 1. The highest BCUT2D eigenvalue weighted by Crippen LogP contribution is 2.47. The third-order valence-corrected chi connectivity index (χ3v) is 9.01. The molecule has 212 valence electrons. The van der Waals surface area contributed by atoms with E-state index in [1.54, 1.807) is 0 Å². The molecule has 0 aliphatic heterocycles. The molecule has 1 aromatic carbocycles. The highest BCUT2D eigenvalue weighted by Gasteiger charge is 2.37. The van der Waals surface area contributed by atoms with E-state index in [0.717, 1.165) is 0 Å². The van der Waals surface area contributed by atoms with E-state index in [9.17, 15) is 0 Å². The summed E-state index contributed by atoms with van der Waals surface area (Å²) < 4.78 is 0. The van der Waals surface area contributed by atoms with Gasteiger partial charge in [0.2, 0.25) is 0 Å². The molecule has 0 N–H and O–H groups in total. The van der Waals surface area contributed by atoms with Gasteiger partial charge in [0.1, 0.15) is 0 Å². The van der Waals surface area contributed by atoms with Crippen LogP contribution in [0.1, 0.15) is 175 Å². The van der Waals surface area contributed by atoms with E-state index in [4.69, 9.17) is 4.98 Å². The van der Waals surface area contributed by atoms with E-state index >= 15 is 0 Å². The Labute approximate surface area is 236 Å². The Bertz CT molecular complexity index is 848. The van der Waals surface area contributed by atoms with E-state index in [2.05, 4.69) is 92.8 Å². The van der Waals surface area contributed by atoms with Crippen molar-refractivity contribution in [1.82, 2.24) is 4.98 Å². The number of nitrogens with zero attached hydrogens (tertiary/aromatic N) is 1. The summed E-state index contributed by atoms with van der Waals surface area (Å²) in [5.41, 5.74) is 6.06. The maximum Gasteiger partial charge on any atom is 0.0963 e. The van der Waals surface area contributed by atoms with Crippen molar-refractivity contribution in [3.8, 4) is 11.3 Å². The first-order chi connectivity index (χ1) is 17.6. The molecule has 0 radical (unpaired) electrons. The fraction of sp³-hybridized carbons (Fsp3) is 0.743. The second kappa shape index (κ2) is 17.4. The summed E-state index contributed by atoms with van der Waals surface area (Å²) in [6.07, 6.45) is 17.2. The normalized spacial score (nSPS) is 15.3. The van der Waals surface area contributed by atoms with Crippen LogP contribution in [0.3, 0.4) is 0 Å². The minimum Gasteiger partial charge on any atom is -0.241 e. The van der Waals surface area contributed by atoms with Crippen LogP contribution in [-0.2, 0) is 10.8 Å². The maximum absolute atomic E-state index is 5.07. The minimum absolute atomic E-state index is 0.257. The number of hydrogen-bond donors (Lipinski definition) is 0. The Balaban J connectivity index is 0.000000525. The molecule has 37 heavy (non-hydrogen) atoms. The molecule has 2 aromatic rings. The molecular formula is C35H61NS. The average molecular weight is 528 g/mol. The molecule has 2 heteroatoms. The summed E-state index contributed by atoms with van der Waals surface area (Å²) in [4.78, 5) is 5.07. The standard InChI is InChI=1S/C24H35NS.C7H16.C4H10/c1-7-9-17(10-8-2)22-25-21(16-26-22)18-11-12-19-20(15-18)24(5,6)14-13-23(19,3)4;1-3-5-7-6-4-2;1-3-4-2/h11-12,15-17H,7-10,13-14H2,1-6H3;3-7H2,1-2H3;3-4H2,1-2H3. The predicted octanol–water partition coefficient (Wildman–Crippen LogP) is 12.6. The number of aromatic nitrogens is 1. The molecule has 0 amide bonds. The monoisotopic (exact) mass is 527 g/mol. The molecule has 1 heterocycles. The Morgan fingerprint density at radius 2 is 1.24 bits per heavy atom. The summed E-state index contributed by atoms with van der Waals surface area (Å²) >= 11 is 1.86. The van der Waals surface area contributed by atoms with Crippen molar-refractivity contribution in [2.45, 2.75) is 169 Å². The van der Waals surface area contributed by atoms with Gasteiger partial charge in [-0.2, -0.15) is 0 Å². The first-order valence-corrected chi connectivity index (χ1v) is 16.6. The Morgan fingerprint density at radius 1 is 0.703 bits per heavy atom. The molecule has 1 aliphatic rings. The third kappa shape index (κ3) is 10.9. The predicted molar refractivity (Wildman–Crippen MR) is 170 cm³/mol. The summed E-state index contributed by atoms with van der Waals surface area (Å²) in [5.74, 6) is 0.636. The second-order valence-corrected chi connectivity index (χ2v) is 13.3. The average Bonchev–Trinajstić information content (AvgIpc) is 3.38. The molecule has 0 saturated carbocycles. The van der Waals surface area contributed by atoms with Crippen LogP contribution in [0.15, 0.2) is 23.6 Å². The Kier molecular flexibility index (Phi) is 16.0. The van der Waals surface area contributed by atoms with Crippen molar-refractivity contribution >= 4 is 11.3 Å². The van der Waals surface area contributed by atoms with Gasteiger partial charge in [0.05, 0.1) is 10.7 Å². The molecular weight excluding hydrogens is 466 g/mol. The van der Waals surface area contributed by atoms with E-state index in [1.807, 2.05) is 11.3 Å². The van der Waals surface area contributed by atoms with Gasteiger partial charge in [-0.1, -0.05) is 139 Å². The molecule has 0 fully saturated rings. The van der Waals surface area contributed by atoms with Gasteiger partial charge in [-0.15, -0.1) is 11.3 Å². The SMILES string of the molecule is CCCC.CCCC(CCC)c1nc(-c2ccc3c(c2)C(C)(C)CCC3(C)C)cs1.CCCCCCC. The molecule has 1 aromatic heterocycles. The summed E-state index contributed by atoms with van der Waals surface area (Å²) in [7, 11) is 0. The lowest BCUT2D eigenvalue weighted by atomic mass is 9.63. The largest absolute Gasteiger partial charge is 0.241 e. The van der Waals surface area contributed by atoms with E-state index in [-0.39, 0.29) is 10.8 Å². The fourth-order valence-electron chi connectivity index (χ4n) is 5.12. The van der Waals surface area contributed by atoms with Gasteiger partial charge in [0.25, 0.3) is 0 Å². The van der Waals surface area contributed by atoms with Crippen LogP contribution in [0.25, 0.3) is 11.3 Å². The van der Waals surface area contributed by atoms with Gasteiger partial charge in [-0.05, 0) is 53.7 Å². The molecule has 0 bridgehead atoms. The van der Waals surface area contributed by atoms with E-state index in [1.165, 1.54) is 111 Å². The second-order valence-electron chi connectivity index (χ2n) is 12.4. The van der Waals surface area contributed by atoms with Crippen molar-refractivity contribution < 1.29 is 0 Å². The molecule has 0 unspecified atom stereocenters. The van der Waals surface area contributed by atoms with E-state index < -0.39 is 0 Å². The molecule has 0 saturated heterocycles. The summed E-state index contributed by atoms with van der Waals surface area (Å²) in [6, 6.07) is 7.11. The highest BCUT2D eigenvalue weighted by atomic mass is 32.1. The number of hydrogen-bond acceptors (Lipinski definition) is 2. The van der Waals surface area contributed by atoms with Gasteiger partial charge >= 0.3 is 0 Å². The van der Waals surface area contributed by atoms with Gasteiger partial charge in [-0.3, -0.25) is 0 Å². The van der Waals surface area contributed by atoms with Crippen LogP contribution in [0.4, 0.5) is 0 Å².